The van der Waals surface area contributed by atoms with Gasteiger partial charge in [-0.25, -0.2) is 4.39 Å². The van der Waals surface area contributed by atoms with Crippen LogP contribution in [0.15, 0.2) is 30.3 Å². The van der Waals surface area contributed by atoms with Crippen LogP contribution < -0.4 is 4.74 Å². The maximum atomic E-state index is 13.6. The van der Waals surface area contributed by atoms with Crippen LogP contribution in [0, 0.1) is 5.82 Å². The van der Waals surface area contributed by atoms with Crippen LogP contribution in [0.3, 0.4) is 0 Å². The number of halogens is 5. The summed E-state index contributed by atoms with van der Waals surface area (Å²) in [6.07, 6.45) is 0. The van der Waals surface area contributed by atoms with Gasteiger partial charge in [-0.3, -0.25) is 0 Å². The molecule has 0 N–H and O–H groups in total. The summed E-state index contributed by atoms with van der Waals surface area (Å²) in [5.41, 5.74) is 0.982. The Morgan fingerprint density at radius 2 is 1.65 bits per heavy atom. The fourth-order valence-electron chi connectivity index (χ4n) is 1.68. The molecule has 0 atom stereocenters. The van der Waals surface area contributed by atoms with Crippen molar-refractivity contribution in [3.05, 3.63) is 62.3 Å². The lowest BCUT2D eigenvalue weighted by Crippen LogP contribution is -2.01. The molecule has 0 radical (unpaired) electrons. The van der Waals surface area contributed by atoms with E-state index < -0.39 is 5.82 Å². The summed E-state index contributed by atoms with van der Waals surface area (Å²) in [5, 5.41) is 1.23. The largest absolute Gasteiger partial charge is 0.487 e. The van der Waals surface area contributed by atoms with E-state index in [1.54, 1.807) is 12.1 Å². The van der Waals surface area contributed by atoms with E-state index in [2.05, 4.69) is 0 Å². The first-order valence-corrected chi connectivity index (χ1v) is 7.28. The molecule has 2 aromatic rings. The number of ether oxygens (including phenoxy) is 1. The molecule has 0 heterocycles. The predicted octanol–water partition coefficient (Wildman–Crippen LogP) is 6.10. The molecule has 20 heavy (non-hydrogen) atoms. The quantitative estimate of drug-likeness (QED) is 0.603. The van der Waals surface area contributed by atoms with Crippen molar-refractivity contribution in [1.29, 1.82) is 0 Å². The van der Waals surface area contributed by atoms with Gasteiger partial charge in [0.05, 0.1) is 10.9 Å². The van der Waals surface area contributed by atoms with Crippen LogP contribution in [-0.2, 0) is 12.5 Å². The number of benzene rings is 2. The van der Waals surface area contributed by atoms with Crippen molar-refractivity contribution in [3.63, 3.8) is 0 Å². The molecule has 106 valence electrons. The molecule has 0 aliphatic rings. The van der Waals surface area contributed by atoms with Crippen LogP contribution >= 0.6 is 46.4 Å². The molecule has 0 bridgehead atoms. The summed E-state index contributed by atoms with van der Waals surface area (Å²) in [5.74, 6) is 0.186. The molecule has 2 aromatic carbocycles. The molecule has 6 heteroatoms. The minimum atomic E-state index is -0.396. The normalized spacial score (nSPS) is 10.7. The van der Waals surface area contributed by atoms with Crippen LogP contribution in [0.25, 0.3) is 0 Å². The van der Waals surface area contributed by atoms with Crippen molar-refractivity contribution >= 4 is 46.4 Å². The lowest BCUT2D eigenvalue weighted by molar-refractivity contribution is 0.298. The molecule has 0 spiro atoms. The van der Waals surface area contributed by atoms with E-state index in [-0.39, 0.29) is 12.5 Å². The summed E-state index contributed by atoms with van der Waals surface area (Å²) >= 11 is 23.6. The van der Waals surface area contributed by atoms with E-state index in [9.17, 15) is 4.39 Å². The molecule has 0 fully saturated rings. The van der Waals surface area contributed by atoms with Crippen LogP contribution in [0.5, 0.6) is 5.75 Å². The topological polar surface area (TPSA) is 9.23 Å². The molecule has 0 unspecified atom stereocenters. The van der Waals surface area contributed by atoms with Gasteiger partial charge in [0, 0.05) is 21.2 Å². The molecular formula is C14H9Cl4FO. The predicted molar refractivity (Wildman–Crippen MR) is 81.8 cm³/mol. The number of hydrogen-bond acceptors (Lipinski definition) is 1. The lowest BCUT2D eigenvalue weighted by Gasteiger charge is -2.13. The number of alkyl halides is 1. The highest BCUT2D eigenvalue weighted by Crippen LogP contribution is 2.34. The molecule has 0 aliphatic heterocycles. The number of hydrogen-bond donors (Lipinski definition) is 0. The molecule has 0 aliphatic carbocycles. The highest BCUT2D eigenvalue weighted by molar-refractivity contribution is 6.36. The molecule has 0 amide bonds. The Balaban J connectivity index is 2.25. The first kappa shape index (κ1) is 15.7. The van der Waals surface area contributed by atoms with Gasteiger partial charge in [0.15, 0.2) is 0 Å². The second kappa shape index (κ2) is 6.86. The summed E-state index contributed by atoms with van der Waals surface area (Å²) in [6.45, 7) is -0.00235. The van der Waals surface area contributed by atoms with Crippen LogP contribution in [-0.4, -0.2) is 0 Å². The van der Waals surface area contributed by atoms with Crippen LogP contribution in [0.4, 0.5) is 4.39 Å². The SMILES string of the molecule is Fc1ccc(Cl)cc1COc1c(Cl)cc(Cl)cc1CCl. The average Bonchev–Trinajstić information content (AvgIpc) is 2.40. The van der Waals surface area contributed by atoms with Gasteiger partial charge in [0.2, 0.25) is 0 Å². The molecule has 0 saturated carbocycles. The fraction of sp³-hybridized carbons (Fsp3) is 0.143. The van der Waals surface area contributed by atoms with E-state index in [0.717, 1.165) is 0 Å². The van der Waals surface area contributed by atoms with Gasteiger partial charge in [-0.1, -0.05) is 34.8 Å². The molecule has 0 saturated heterocycles. The fourth-order valence-corrected chi connectivity index (χ4v) is 2.66. The van der Waals surface area contributed by atoms with Gasteiger partial charge in [0.25, 0.3) is 0 Å². The van der Waals surface area contributed by atoms with Crippen molar-refractivity contribution in [2.24, 2.45) is 0 Å². The van der Waals surface area contributed by atoms with E-state index in [4.69, 9.17) is 51.1 Å². The monoisotopic (exact) mass is 352 g/mol. The second-order valence-corrected chi connectivity index (χ2v) is 5.58. The Labute approximate surface area is 136 Å². The summed E-state index contributed by atoms with van der Waals surface area (Å²) in [7, 11) is 0. The Bertz CT molecular complexity index is 631. The van der Waals surface area contributed by atoms with Crippen LogP contribution in [0.2, 0.25) is 15.1 Å². The summed E-state index contributed by atoms with van der Waals surface area (Å²) in [6, 6.07) is 7.46. The Kier molecular flexibility index (Phi) is 5.39. The molecule has 0 aromatic heterocycles. The standard InChI is InChI=1S/C14H9Cl4FO/c15-6-8-3-11(17)5-12(18)14(8)20-7-9-4-10(16)1-2-13(9)19/h1-5H,6-7H2. The summed E-state index contributed by atoms with van der Waals surface area (Å²) in [4.78, 5) is 0. The van der Waals surface area contributed by atoms with Gasteiger partial charge in [-0.05, 0) is 30.3 Å². The van der Waals surface area contributed by atoms with Crippen LogP contribution in [0.1, 0.15) is 11.1 Å². The van der Waals surface area contributed by atoms with Gasteiger partial charge in [-0.2, -0.15) is 0 Å². The maximum absolute atomic E-state index is 13.6. The van der Waals surface area contributed by atoms with Crippen molar-refractivity contribution in [2.45, 2.75) is 12.5 Å². The number of rotatable bonds is 4. The van der Waals surface area contributed by atoms with E-state index in [1.807, 2.05) is 0 Å². The highest BCUT2D eigenvalue weighted by atomic mass is 35.5. The zero-order chi connectivity index (χ0) is 14.7. The minimum Gasteiger partial charge on any atom is -0.487 e. The van der Waals surface area contributed by atoms with E-state index in [0.29, 0.717) is 31.9 Å². The first-order chi connectivity index (χ1) is 9.51. The smallest absolute Gasteiger partial charge is 0.142 e. The Hall–Kier alpha value is -0.670. The van der Waals surface area contributed by atoms with E-state index in [1.165, 1.54) is 18.2 Å². The third-order valence-electron chi connectivity index (χ3n) is 2.61. The Morgan fingerprint density at radius 3 is 2.35 bits per heavy atom. The van der Waals surface area contributed by atoms with Gasteiger partial charge in [-0.15, -0.1) is 11.6 Å². The zero-order valence-electron chi connectivity index (χ0n) is 10.1. The zero-order valence-corrected chi connectivity index (χ0v) is 13.1. The Morgan fingerprint density at radius 1 is 0.950 bits per heavy atom. The highest BCUT2D eigenvalue weighted by Gasteiger charge is 2.12. The molecule has 1 nitrogen and oxygen atoms in total. The first-order valence-electron chi connectivity index (χ1n) is 5.62. The lowest BCUT2D eigenvalue weighted by atomic mass is 10.2. The van der Waals surface area contributed by atoms with Gasteiger partial charge >= 0.3 is 0 Å². The van der Waals surface area contributed by atoms with Gasteiger partial charge in [0.1, 0.15) is 18.2 Å². The minimum absolute atomic E-state index is 0.00235. The third kappa shape index (κ3) is 3.70. The second-order valence-electron chi connectivity index (χ2n) is 4.03. The molecule has 2 rings (SSSR count). The summed E-state index contributed by atoms with van der Waals surface area (Å²) < 4.78 is 19.2. The van der Waals surface area contributed by atoms with Gasteiger partial charge < -0.3 is 4.74 Å². The maximum Gasteiger partial charge on any atom is 0.142 e. The van der Waals surface area contributed by atoms with Crippen molar-refractivity contribution in [3.8, 4) is 5.75 Å². The average molecular weight is 354 g/mol. The van der Waals surface area contributed by atoms with Crippen molar-refractivity contribution in [2.75, 3.05) is 0 Å². The third-order valence-corrected chi connectivity index (χ3v) is 3.63. The van der Waals surface area contributed by atoms with Crippen molar-refractivity contribution in [1.82, 2.24) is 0 Å². The molecular weight excluding hydrogens is 345 g/mol. The van der Waals surface area contributed by atoms with E-state index >= 15 is 0 Å². The van der Waals surface area contributed by atoms with Crippen molar-refractivity contribution < 1.29 is 9.13 Å².